The van der Waals surface area contributed by atoms with Crippen molar-refractivity contribution < 1.29 is 18.0 Å². The SMILES string of the molecule is CC(C)S(=O)(=O)c1ccccc1C(=O)NCCCNC(=O)c1cccc(Br)c1. The summed E-state index contributed by atoms with van der Waals surface area (Å²) in [4.78, 5) is 24.5. The molecule has 0 aromatic heterocycles. The van der Waals surface area contributed by atoms with Crippen molar-refractivity contribution in [2.75, 3.05) is 13.1 Å². The van der Waals surface area contributed by atoms with E-state index >= 15 is 0 Å². The molecule has 2 aromatic carbocycles. The molecule has 8 heteroatoms. The zero-order chi connectivity index (χ0) is 20.7. The van der Waals surface area contributed by atoms with Gasteiger partial charge in [0.1, 0.15) is 0 Å². The molecule has 0 saturated heterocycles. The van der Waals surface area contributed by atoms with Gasteiger partial charge in [-0.1, -0.05) is 34.1 Å². The Hall–Kier alpha value is -2.19. The molecular weight excluding hydrogens is 444 g/mol. The van der Waals surface area contributed by atoms with Gasteiger partial charge in [-0.3, -0.25) is 9.59 Å². The second-order valence-electron chi connectivity index (χ2n) is 6.47. The smallest absolute Gasteiger partial charge is 0.252 e. The predicted octanol–water partition coefficient (Wildman–Crippen LogP) is 3.18. The number of benzene rings is 2. The van der Waals surface area contributed by atoms with Crippen LogP contribution in [0.2, 0.25) is 0 Å². The molecule has 0 aliphatic carbocycles. The Morgan fingerprint density at radius 3 is 2.25 bits per heavy atom. The van der Waals surface area contributed by atoms with E-state index < -0.39 is 21.0 Å². The fourth-order valence-corrected chi connectivity index (χ4v) is 4.12. The lowest BCUT2D eigenvalue weighted by Crippen LogP contribution is -2.31. The van der Waals surface area contributed by atoms with Gasteiger partial charge in [0.15, 0.2) is 9.84 Å². The molecule has 0 unspecified atom stereocenters. The molecule has 0 fully saturated rings. The molecule has 150 valence electrons. The van der Waals surface area contributed by atoms with Crippen molar-refractivity contribution in [2.24, 2.45) is 0 Å². The molecule has 0 atom stereocenters. The molecule has 2 amide bonds. The summed E-state index contributed by atoms with van der Waals surface area (Å²) in [5.74, 6) is -0.640. The highest BCUT2D eigenvalue weighted by Gasteiger charge is 2.24. The quantitative estimate of drug-likeness (QED) is 0.584. The largest absolute Gasteiger partial charge is 0.352 e. The van der Waals surface area contributed by atoms with Crippen LogP contribution in [0.1, 0.15) is 41.0 Å². The predicted molar refractivity (Wildman–Crippen MR) is 112 cm³/mol. The van der Waals surface area contributed by atoms with Gasteiger partial charge in [0.25, 0.3) is 11.8 Å². The molecule has 2 N–H and O–H groups in total. The van der Waals surface area contributed by atoms with E-state index in [2.05, 4.69) is 26.6 Å². The summed E-state index contributed by atoms with van der Waals surface area (Å²) >= 11 is 3.32. The van der Waals surface area contributed by atoms with Crippen LogP contribution in [-0.2, 0) is 9.84 Å². The summed E-state index contributed by atoms with van der Waals surface area (Å²) < 4.78 is 25.7. The number of carbonyl (C=O) groups is 2. The van der Waals surface area contributed by atoms with Gasteiger partial charge in [-0.25, -0.2) is 8.42 Å². The fraction of sp³-hybridized carbons (Fsp3) is 0.300. The zero-order valence-electron chi connectivity index (χ0n) is 15.7. The van der Waals surface area contributed by atoms with Crippen LogP contribution in [0.25, 0.3) is 0 Å². The van der Waals surface area contributed by atoms with Gasteiger partial charge in [0.05, 0.1) is 15.7 Å². The highest BCUT2D eigenvalue weighted by atomic mass is 79.9. The molecule has 0 radical (unpaired) electrons. The van der Waals surface area contributed by atoms with Crippen molar-refractivity contribution in [1.29, 1.82) is 0 Å². The second-order valence-corrected chi connectivity index (χ2v) is 9.85. The first-order chi connectivity index (χ1) is 13.2. The van der Waals surface area contributed by atoms with Gasteiger partial charge in [-0.05, 0) is 50.6 Å². The van der Waals surface area contributed by atoms with E-state index in [1.807, 2.05) is 6.07 Å². The van der Waals surface area contributed by atoms with Crippen LogP contribution in [0.4, 0.5) is 0 Å². The number of rotatable bonds is 8. The number of hydrogen-bond acceptors (Lipinski definition) is 4. The van der Waals surface area contributed by atoms with Crippen LogP contribution >= 0.6 is 15.9 Å². The van der Waals surface area contributed by atoms with Gasteiger partial charge < -0.3 is 10.6 Å². The van der Waals surface area contributed by atoms with Crippen LogP contribution in [0.5, 0.6) is 0 Å². The van der Waals surface area contributed by atoms with Gasteiger partial charge in [0, 0.05) is 23.1 Å². The van der Waals surface area contributed by atoms with Crippen LogP contribution in [0.15, 0.2) is 57.9 Å². The molecule has 6 nitrogen and oxygen atoms in total. The van der Waals surface area contributed by atoms with Crippen molar-refractivity contribution in [3.63, 3.8) is 0 Å². The lowest BCUT2D eigenvalue weighted by Gasteiger charge is -2.13. The van der Waals surface area contributed by atoms with Gasteiger partial charge in [0.2, 0.25) is 0 Å². The van der Waals surface area contributed by atoms with E-state index in [1.165, 1.54) is 12.1 Å². The Labute approximate surface area is 173 Å². The average Bonchev–Trinajstić information content (AvgIpc) is 2.67. The van der Waals surface area contributed by atoms with Crippen molar-refractivity contribution >= 4 is 37.6 Å². The van der Waals surface area contributed by atoms with Crippen LogP contribution in [0, 0.1) is 0 Å². The Morgan fingerprint density at radius 1 is 0.964 bits per heavy atom. The molecule has 0 aliphatic rings. The zero-order valence-corrected chi connectivity index (χ0v) is 18.1. The van der Waals surface area contributed by atoms with Gasteiger partial charge >= 0.3 is 0 Å². The maximum absolute atomic E-state index is 12.4. The number of amides is 2. The third-order valence-corrected chi connectivity index (χ3v) is 6.77. The Morgan fingerprint density at radius 2 is 1.61 bits per heavy atom. The van der Waals surface area contributed by atoms with E-state index in [1.54, 1.807) is 44.2 Å². The summed E-state index contributed by atoms with van der Waals surface area (Å²) in [6, 6.07) is 13.2. The molecule has 0 heterocycles. The minimum atomic E-state index is -3.55. The number of hydrogen-bond donors (Lipinski definition) is 2. The maximum Gasteiger partial charge on any atom is 0.252 e. The molecular formula is C20H23BrN2O4S. The first-order valence-electron chi connectivity index (χ1n) is 8.88. The van der Waals surface area contributed by atoms with Crippen molar-refractivity contribution in [1.82, 2.24) is 10.6 Å². The molecule has 0 aliphatic heterocycles. The molecule has 0 spiro atoms. The summed E-state index contributed by atoms with van der Waals surface area (Å²) in [5, 5.41) is 4.88. The molecule has 2 rings (SSSR count). The normalized spacial score (nSPS) is 11.3. The van der Waals surface area contributed by atoms with E-state index in [4.69, 9.17) is 0 Å². The number of sulfone groups is 1. The summed E-state index contributed by atoms with van der Waals surface area (Å²) in [6.45, 7) is 3.86. The van der Waals surface area contributed by atoms with E-state index in [9.17, 15) is 18.0 Å². The Kier molecular flexibility index (Phi) is 7.77. The number of nitrogens with one attached hydrogen (secondary N) is 2. The third kappa shape index (κ3) is 5.65. The van der Waals surface area contributed by atoms with Gasteiger partial charge in [-0.2, -0.15) is 0 Å². The lowest BCUT2D eigenvalue weighted by molar-refractivity contribution is 0.0949. The first-order valence-corrected chi connectivity index (χ1v) is 11.2. The highest BCUT2D eigenvalue weighted by molar-refractivity contribution is 9.10. The number of halogens is 1. The van der Waals surface area contributed by atoms with E-state index in [-0.39, 0.29) is 16.4 Å². The summed E-state index contributed by atoms with van der Waals surface area (Å²) in [7, 11) is -3.55. The lowest BCUT2D eigenvalue weighted by atomic mass is 10.2. The van der Waals surface area contributed by atoms with Crippen LogP contribution in [-0.4, -0.2) is 38.6 Å². The second kappa shape index (κ2) is 9.84. The van der Waals surface area contributed by atoms with Crippen molar-refractivity contribution in [2.45, 2.75) is 30.4 Å². The van der Waals surface area contributed by atoms with Gasteiger partial charge in [-0.15, -0.1) is 0 Å². The monoisotopic (exact) mass is 466 g/mol. The minimum Gasteiger partial charge on any atom is -0.352 e. The average molecular weight is 467 g/mol. The fourth-order valence-electron chi connectivity index (χ4n) is 2.48. The molecule has 28 heavy (non-hydrogen) atoms. The van der Waals surface area contributed by atoms with Crippen LogP contribution in [0.3, 0.4) is 0 Å². The highest BCUT2D eigenvalue weighted by Crippen LogP contribution is 2.20. The maximum atomic E-state index is 12.4. The standard InChI is InChI=1S/C20H23BrN2O4S/c1-14(2)28(26,27)18-10-4-3-9-17(18)20(25)23-12-6-11-22-19(24)15-7-5-8-16(21)13-15/h3-5,7-10,13-14H,6,11-12H2,1-2H3,(H,22,24)(H,23,25). The molecule has 2 aromatic rings. The van der Waals surface area contributed by atoms with Crippen molar-refractivity contribution in [3.05, 3.63) is 64.1 Å². The molecule has 0 bridgehead atoms. The minimum absolute atomic E-state index is 0.0328. The van der Waals surface area contributed by atoms with E-state index in [0.717, 1.165) is 4.47 Å². The van der Waals surface area contributed by atoms with E-state index in [0.29, 0.717) is 25.1 Å². The topological polar surface area (TPSA) is 92.3 Å². The third-order valence-electron chi connectivity index (χ3n) is 4.07. The number of carbonyl (C=O) groups excluding carboxylic acids is 2. The van der Waals surface area contributed by atoms with Crippen LogP contribution < -0.4 is 10.6 Å². The van der Waals surface area contributed by atoms with Crippen molar-refractivity contribution in [3.8, 4) is 0 Å². The molecule has 0 saturated carbocycles. The Bertz CT molecular complexity index is 958. The summed E-state index contributed by atoms with van der Waals surface area (Å²) in [5.41, 5.74) is 0.681. The first kappa shape index (κ1) is 22.1. The Balaban J connectivity index is 1.88. The summed E-state index contributed by atoms with van der Waals surface area (Å²) in [6.07, 6.45) is 0.518.